The van der Waals surface area contributed by atoms with E-state index in [4.69, 9.17) is 0 Å². The maximum atomic E-state index is 12.4. The highest BCUT2D eigenvalue weighted by Crippen LogP contribution is 2.21. The summed E-state index contributed by atoms with van der Waals surface area (Å²) in [6.07, 6.45) is 4.19. The van der Waals surface area contributed by atoms with Gasteiger partial charge in [-0.2, -0.15) is 17.6 Å². The van der Waals surface area contributed by atoms with Crippen LogP contribution in [0.3, 0.4) is 0 Å². The van der Waals surface area contributed by atoms with Crippen LogP contribution in [0.5, 0.6) is 0 Å². The average Bonchev–Trinajstić information content (AvgIpc) is 2.40. The molecule has 0 atom stereocenters. The summed E-state index contributed by atoms with van der Waals surface area (Å²) >= 11 is 0. The van der Waals surface area contributed by atoms with E-state index >= 15 is 0 Å². The van der Waals surface area contributed by atoms with Gasteiger partial charge in [0.25, 0.3) is 12.2 Å². The number of allylic oxidation sites excluding steroid dienone is 2. The summed E-state index contributed by atoms with van der Waals surface area (Å²) in [7, 11) is 0. The standard InChI is InChI=1S/C16H26F4/c1-3-13(15(17)18)11-9-7-5-6-8-10-12-14(4-2)16(19)20/h3-12H2,1-2H3. The van der Waals surface area contributed by atoms with Gasteiger partial charge < -0.3 is 0 Å². The Hall–Kier alpha value is -0.800. The van der Waals surface area contributed by atoms with Crippen molar-refractivity contribution in [3.8, 4) is 0 Å². The fraction of sp³-hybridized carbons (Fsp3) is 0.750. The number of halogens is 4. The summed E-state index contributed by atoms with van der Waals surface area (Å²) in [6, 6.07) is 0. The van der Waals surface area contributed by atoms with E-state index in [2.05, 4.69) is 0 Å². The lowest BCUT2D eigenvalue weighted by atomic mass is 10.0. The SMILES string of the molecule is CCC(CCCCCCCCC(CC)=C(F)F)=C(F)F. The highest BCUT2D eigenvalue weighted by atomic mass is 19.3. The zero-order valence-electron chi connectivity index (χ0n) is 12.6. The molecule has 20 heavy (non-hydrogen) atoms. The van der Waals surface area contributed by atoms with Crippen molar-refractivity contribution in [2.75, 3.05) is 0 Å². The van der Waals surface area contributed by atoms with Gasteiger partial charge in [-0.15, -0.1) is 0 Å². The number of unbranched alkanes of at least 4 members (excludes halogenated alkanes) is 5. The van der Waals surface area contributed by atoms with Crippen LogP contribution in [0.15, 0.2) is 23.3 Å². The van der Waals surface area contributed by atoms with Crippen LogP contribution in [0.2, 0.25) is 0 Å². The summed E-state index contributed by atoms with van der Waals surface area (Å²) in [4.78, 5) is 0. The van der Waals surface area contributed by atoms with E-state index in [0.717, 1.165) is 38.5 Å². The Balaban J connectivity index is 3.55. The minimum absolute atomic E-state index is 0.265. The number of hydrogen-bond donors (Lipinski definition) is 0. The van der Waals surface area contributed by atoms with Crippen LogP contribution in [-0.4, -0.2) is 0 Å². The predicted molar refractivity (Wildman–Crippen MR) is 76.0 cm³/mol. The third-order valence-corrected chi connectivity index (χ3v) is 3.60. The van der Waals surface area contributed by atoms with Gasteiger partial charge in [-0.05, 0) is 49.7 Å². The molecule has 0 aromatic rings. The molecule has 0 radical (unpaired) electrons. The van der Waals surface area contributed by atoms with Gasteiger partial charge in [-0.1, -0.05) is 39.5 Å². The van der Waals surface area contributed by atoms with E-state index in [0.29, 0.717) is 25.7 Å². The normalized spacial score (nSPS) is 10.5. The van der Waals surface area contributed by atoms with Crippen molar-refractivity contribution < 1.29 is 17.6 Å². The van der Waals surface area contributed by atoms with Crippen LogP contribution in [0.1, 0.15) is 78.1 Å². The van der Waals surface area contributed by atoms with Crippen LogP contribution in [0.25, 0.3) is 0 Å². The highest BCUT2D eigenvalue weighted by Gasteiger charge is 2.04. The largest absolute Gasteiger partial charge is 0.269 e. The van der Waals surface area contributed by atoms with Crippen molar-refractivity contribution in [2.24, 2.45) is 0 Å². The molecular weight excluding hydrogens is 268 g/mol. The Morgan fingerprint density at radius 2 is 0.850 bits per heavy atom. The minimum atomic E-state index is -1.53. The fourth-order valence-corrected chi connectivity index (χ4v) is 2.19. The lowest BCUT2D eigenvalue weighted by molar-refractivity contribution is 0.400. The Kier molecular flexibility index (Phi) is 11.5. The lowest BCUT2D eigenvalue weighted by Gasteiger charge is -2.05. The Morgan fingerprint density at radius 1 is 0.550 bits per heavy atom. The van der Waals surface area contributed by atoms with E-state index in [1.807, 2.05) is 0 Å². The number of rotatable bonds is 11. The summed E-state index contributed by atoms with van der Waals surface area (Å²) in [6.45, 7) is 3.49. The van der Waals surface area contributed by atoms with E-state index in [1.54, 1.807) is 13.8 Å². The molecule has 4 heteroatoms. The highest BCUT2D eigenvalue weighted by molar-refractivity contribution is 5.01. The number of hydrogen-bond acceptors (Lipinski definition) is 0. The van der Waals surface area contributed by atoms with Gasteiger partial charge in [-0.25, -0.2) is 0 Å². The molecule has 0 fully saturated rings. The summed E-state index contributed by atoms with van der Waals surface area (Å²) < 4.78 is 49.5. The molecule has 0 aliphatic rings. The Labute approximate surface area is 119 Å². The first-order chi connectivity index (χ1) is 9.52. The first kappa shape index (κ1) is 19.2. The van der Waals surface area contributed by atoms with Gasteiger partial charge >= 0.3 is 0 Å². The molecule has 0 aliphatic carbocycles. The zero-order chi connectivity index (χ0) is 15.4. The maximum Gasteiger partial charge on any atom is 0.269 e. The molecular formula is C16H26F4. The fourth-order valence-electron chi connectivity index (χ4n) is 2.19. The van der Waals surface area contributed by atoms with Gasteiger partial charge in [-0.3, -0.25) is 0 Å². The molecule has 0 saturated carbocycles. The van der Waals surface area contributed by atoms with Gasteiger partial charge in [0, 0.05) is 0 Å². The topological polar surface area (TPSA) is 0 Å². The first-order valence-electron chi connectivity index (χ1n) is 7.58. The van der Waals surface area contributed by atoms with Gasteiger partial charge in [0.2, 0.25) is 0 Å². The molecule has 0 amide bonds. The van der Waals surface area contributed by atoms with E-state index in [-0.39, 0.29) is 11.1 Å². The molecule has 0 unspecified atom stereocenters. The monoisotopic (exact) mass is 294 g/mol. The Bertz CT molecular complexity index is 278. The summed E-state index contributed by atoms with van der Waals surface area (Å²) in [5.41, 5.74) is 0.530. The first-order valence-corrected chi connectivity index (χ1v) is 7.58. The van der Waals surface area contributed by atoms with Crippen molar-refractivity contribution in [2.45, 2.75) is 78.1 Å². The van der Waals surface area contributed by atoms with E-state index < -0.39 is 12.2 Å². The summed E-state index contributed by atoms with van der Waals surface area (Å²) in [5, 5.41) is 0. The molecule has 0 N–H and O–H groups in total. The molecule has 0 spiro atoms. The lowest BCUT2D eigenvalue weighted by Crippen LogP contribution is -1.87. The molecule has 0 rings (SSSR count). The van der Waals surface area contributed by atoms with Gasteiger partial charge in [0.1, 0.15) is 0 Å². The maximum absolute atomic E-state index is 12.4. The second-order valence-corrected chi connectivity index (χ2v) is 5.06. The third kappa shape index (κ3) is 9.16. The van der Waals surface area contributed by atoms with E-state index in [1.165, 1.54) is 0 Å². The van der Waals surface area contributed by atoms with Crippen LogP contribution >= 0.6 is 0 Å². The van der Waals surface area contributed by atoms with Crippen molar-refractivity contribution >= 4 is 0 Å². The van der Waals surface area contributed by atoms with Crippen molar-refractivity contribution in [3.05, 3.63) is 23.3 Å². The Morgan fingerprint density at radius 3 is 1.10 bits per heavy atom. The predicted octanol–water partition coefficient (Wildman–Crippen LogP) is 7.23. The molecule has 0 saturated heterocycles. The molecule has 0 aromatic carbocycles. The third-order valence-electron chi connectivity index (χ3n) is 3.60. The van der Waals surface area contributed by atoms with Crippen molar-refractivity contribution in [3.63, 3.8) is 0 Å². The van der Waals surface area contributed by atoms with Gasteiger partial charge in [0.15, 0.2) is 0 Å². The minimum Gasteiger partial charge on any atom is -0.173 e. The summed E-state index contributed by atoms with van der Waals surface area (Å²) in [5.74, 6) is 0. The van der Waals surface area contributed by atoms with Crippen LogP contribution in [0, 0.1) is 0 Å². The van der Waals surface area contributed by atoms with Crippen molar-refractivity contribution in [1.82, 2.24) is 0 Å². The zero-order valence-corrected chi connectivity index (χ0v) is 12.6. The molecule has 0 bridgehead atoms. The van der Waals surface area contributed by atoms with Crippen LogP contribution in [0.4, 0.5) is 17.6 Å². The van der Waals surface area contributed by atoms with Crippen LogP contribution in [-0.2, 0) is 0 Å². The van der Waals surface area contributed by atoms with Gasteiger partial charge in [0.05, 0.1) is 0 Å². The quantitative estimate of drug-likeness (QED) is 0.278. The average molecular weight is 294 g/mol. The smallest absolute Gasteiger partial charge is 0.173 e. The molecule has 118 valence electrons. The van der Waals surface area contributed by atoms with E-state index in [9.17, 15) is 17.6 Å². The molecule has 0 heterocycles. The molecule has 0 nitrogen and oxygen atoms in total. The van der Waals surface area contributed by atoms with Crippen LogP contribution < -0.4 is 0 Å². The second-order valence-electron chi connectivity index (χ2n) is 5.06. The van der Waals surface area contributed by atoms with Crippen molar-refractivity contribution in [1.29, 1.82) is 0 Å². The second kappa shape index (κ2) is 12.0. The molecule has 0 aliphatic heterocycles. The molecule has 0 aromatic heterocycles.